The maximum absolute atomic E-state index is 13.6. The predicted molar refractivity (Wildman–Crippen MR) is 94.5 cm³/mol. The highest BCUT2D eigenvalue weighted by Gasteiger charge is 2.54. The average molecular weight is 409 g/mol. The summed E-state index contributed by atoms with van der Waals surface area (Å²) in [4.78, 5) is 25.6. The molecule has 1 aromatic carbocycles. The molecule has 29 heavy (non-hydrogen) atoms. The summed E-state index contributed by atoms with van der Waals surface area (Å²) >= 11 is 0. The maximum Gasteiger partial charge on any atom is 0.416 e. The number of fused-ring (bicyclic) bond motifs is 1. The molecule has 7 nitrogen and oxygen atoms in total. The van der Waals surface area contributed by atoms with Crippen LogP contribution >= 0.6 is 0 Å². The summed E-state index contributed by atoms with van der Waals surface area (Å²) in [5.74, 6) is -1.96. The van der Waals surface area contributed by atoms with Gasteiger partial charge in [0.05, 0.1) is 6.20 Å². The smallest absolute Gasteiger partial charge is 0.416 e. The summed E-state index contributed by atoms with van der Waals surface area (Å²) in [7, 11) is 0. The van der Waals surface area contributed by atoms with Crippen molar-refractivity contribution in [1.29, 1.82) is 0 Å². The van der Waals surface area contributed by atoms with E-state index in [0.29, 0.717) is 23.1 Å². The van der Waals surface area contributed by atoms with Crippen LogP contribution < -0.4 is 4.90 Å². The number of halogens is 3. The molecule has 2 unspecified atom stereocenters. The molecule has 0 radical (unpaired) electrons. The number of alkyl halides is 3. The van der Waals surface area contributed by atoms with E-state index in [1.807, 2.05) is 0 Å². The molecule has 0 bridgehead atoms. The quantitative estimate of drug-likeness (QED) is 0.825. The highest BCUT2D eigenvalue weighted by atomic mass is 19.4. The summed E-state index contributed by atoms with van der Waals surface area (Å²) in [5.41, 5.74) is 0.252. The third-order valence-electron chi connectivity index (χ3n) is 5.27. The molecule has 2 heterocycles. The predicted octanol–water partition coefficient (Wildman–Crippen LogP) is 4.01. The summed E-state index contributed by atoms with van der Waals surface area (Å²) in [6.45, 7) is -0.0766. The number of anilines is 1. The normalized spacial score (nSPS) is 21.6. The molecule has 1 amide bonds. The van der Waals surface area contributed by atoms with Crippen molar-refractivity contribution in [3.05, 3.63) is 47.7 Å². The van der Waals surface area contributed by atoms with Gasteiger partial charge in [0.15, 0.2) is 11.9 Å². The second-order valence-corrected chi connectivity index (χ2v) is 7.24. The topological polar surface area (TPSA) is 84.7 Å². The number of hydrogen-bond acceptors (Lipinski definition) is 4. The van der Waals surface area contributed by atoms with Crippen LogP contribution in [0.3, 0.4) is 0 Å². The lowest BCUT2D eigenvalue weighted by atomic mass is 9.97. The zero-order valence-corrected chi connectivity index (χ0v) is 15.2. The molecule has 1 aliphatic carbocycles. The van der Waals surface area contributed by atoms with Crippen LogP contribution in [0.1, 0.15) is 41.2 Å². The molecular weight excluding hydrogens is 391 g/mol. The minimum Gasteiger partial charge on any atom is -0.477 e. The van der Waals surface area contributed by atoms with Crippen molar-refractivity contribution < 1.29 is 32.6 Å². The summed E-state index contributed by atoms with van der Waals surface area (Å²) in [6.07, 6.45) is -3.69. The molecule has 2 atom stereocenters. The van der Waals surface area contributed by atoms with Gasteiger partial charge in [0.1, 0.15) is 12.2 Å². The first-order chi connectivity index (χ1) is 13.8. The Kier molecular flexibility index (Phi) is 4.71. The fraction of sp³-hybridized carbons (Fsp3) is 0.421. The molecule has 1 N–H and O–H groups in total. The third kappa shape index (κ3) is 3.66. The minimum atomic E-state index is -4.62. The number of amides is 1. The van der Waals surface area contributed by atoms with E-state index in [2.05, 4.69) is 5.10 Å². The number of ether oxygens (including phenoxy) is 1. The van der Waals surface area contributed by atoms with Gasteiger partial charge in [-0.15, -0.1) is 0 Å². The van der Waals surface area contributed by atoms with Crippen LogP contribution in [0.25, 0.3) is 0 Å². The number of carboxylic acid groups (broad SMARTS) is 1. The van der Waals surface area contributed by atoms with Gasteiger partial charge < -0.3 is 9.84 Å². The SMILES string of the molecule is O=C(O)c1cnn2c1N(C(=O)OCc1ccccc1)C(C1CC1)CC2C(F)(F)F. The van der Waals surface area contributed by atoms with Gasteiger partial charge in [0, 0.05) is 12.5 Å². The number of carbonyl (C=O) groups excluding carboxylic acids is 1. The van der Waals surface area contributed by atoms with Crippen molar-refractivity contribution in [2.45, 2.75) is 44.1 Å². The Hall–Kier alpha value is -3.04. The van der Waals surface area contributed by atoms with E-state index in [9.17, 15) is 27.9 Å². The lowest BCUT2D eigenvalue weighted by Gasteiger charge is -2.40. The van der Waals surface area contributed by atoms with Crippen molar-refractivity contribution in [3.63, 3.8) is 0 Å². The molecule has 0 saturated heterocycles. The highest BCUT2D eigenvalue weighted by molar-refractivity contribution is 5.99. The molecule has 1 saturated carbocycles. The molecular formula is C19H18F3N3O4. The van der Waals surface area contributed by atoms with Crippen LogP contribution in [-0.2, 0) is 11.3 Å². The van der Waals surface area contributed by atoms with Gasteiger partial charge in [-0.3, -0.25) is 4.90 Å². The summed E-state index contributed by atoms with van der Waals surface area (Å²) in [6, 6.07) is 6.03. The van der Waals surface area contributed by atoms with Crippen LogP contribution in [0.15, 0.2) is 36.5 Å². The van der Waals surface area contributed by atoms with E-state index in [1.54, 1.807) is 30.3 Å². The molecule has 2 aromatic rings. The van der Waals surface area contributed by atoms with Crippen LogP contribution in [-0.4, -0.2) is 39.2 Å². The standard InChI is InChI=1S/C19H18F3N3O4/c20-19(21,22)15-8-14(12-6-7-12)24(16-13(17(26)27)9-23-25(15)16)18(28)29-10-11-4-2-1-3-5-11/h1-5,9,12,14-15H,6-8,10H2,(H,26,27). The zero-order chi connectivity index (χ0) is 20.8. The second-order valence-electron chi connectivity index (χ2n) is 7.24. The Balaban J connectivity index is 1.71. The molecule has 1 aromatic heterocycles. The number of benzene rings is 1. The zero-order valence-electron chi connectivity index (χ0n) is 15.2. The van der Waals surface area contributed by atoms with Gasteiger partial charge in [0.25, 0.3) is 0 Å². The Bertz CT molecular complexity index is 925. The molecule has 10 heteroatoms. The van der Waals surface area contributed by atoms with Gasteiger partial charge in [0.2, 0.25) is 0 Å². The largest absolute Gasteiger partial charge is 0.477 e. The number of hydrogen-bond donors (Lipinski definition) is 1. The first-order valence-corrected chi connectivity index (χ1v) is 9.14. The van der Waals surface area contributed by atoms with E-state index in [1.165, 1.54) is 0 Å². The van der Waals surface area contributed by atoms with Crippen molar-refractivity contribution >= 4 is 17.9 Å². The maximum atomic E-state index is 13.6. The van der Waals surface area contributed by atoms with E-state index in [4.69, 9.17) is 4.74 Å². The Morgan fingerprint density at radius 3 is 2.48 bits per heavy atom. The Labute approximate surface area is 163 Å². The van der Waals surface area contributed by atoms with E-state index in [0.717, 1.165) is 11.1 Å². The number of carbonyl (C=O) groups is 2. The molecule has 4 rings (SSSR count). The first-order valence-electron chi connectivity index (χ1n) is 9.14. The lowest BCUT2D eigenvalue weighted by Crippen LogP contribution is -2.51. The number of carboxylic acids is 1. The van der Waals surface area contributed by atoms with Crippen LogP contribution in [0.2, 0.25) is 0 Å². The number of aromatic nitrogens is 2. The molecule has 154 valence electrons. The monoisotopic (exact) mass is 409 g/mol. The van der Waals surface area contributed by atoms with Gasteiger partial charge in [-0.2, -0.15) is 18.3 Å². The fourth-order valence-electron chi connectivity index (χ4n) is 3.73. The Morgan fingerprint density at radius 1 is 1.21 bits per heavy atom. The molecule has 2 aliphatic rings. The van der Waals surface area contributed by atoms with Crippen molar-refractivity contribution in [2.75, 3.05) is 4.90 Å². The average Bonchev–Trinajstić information content (AvgIpc) is 3.43. The number of aromatic carboxylic acids is 1. The first kappa shape index (κ1) is 19.3. The summed E-state index contributed by atoms with van der Waals surface area (Å²) < 4.78 is 46.8. The van der Waals surface area contributed by atoms with Crippen molar-refractivity contribution in [3.8, 4) is 0 Å². The van der Waals surface area contributed by atoms with Crippen molar-refractivity contribution in [2.24, 2.45) is 5.92 Å². The second kappa shape index (κ2) is 7.09. The molecule has 1 aliphatic heterocycles. The lowest BCUT2D eigenvalue weighted by molar-refractivity contribution is -0.174. The summed E-state index contributed by atoms with van der Waals surface area (Å²) in [5, 5.41) is 13.1. The van der Waals surface area contributed by atoms with E-state index in [-0.39, 0.29) is 24.8 Å². The number of rotatable bonds is 4. The van der Waals surface area contributed by atoms with Gasteiger partial charge in [-0.25, -0.2) is 14.3 Å². The highest BCUT2D eigenvalue weighted by Crippen LogP contribution is 2.49. The van der Waals surface area contributed by atoms with Crippen molar-refractivity contribution in [1.82, 2.24) is 9.78 Å². The van der Waals surface area contributed by atoms with Gasteiger partial charge in [-0.1, -0.05) is 30.3 Å². The van der Waals surface area contributed by atoms with E-state index < -0.39 is 35.9 Å². The van der Waals surface area contributed by atoms with Gasteiger partial charge >= 0.3 is 18.2 Å². The van der Waals surface area contributed by atoms with Crippen LogP contribution in [0.4, 0.5) is 23.8 Å². The van der Waals surface area contributed by atoms with E-state index >= 15 is 0 Å². The van der Waals surface area contributed by atoms with Crippen LogP contribution in [0.5, 0.6) is 0 Å². The van der Waals surface area contributed by atoms with Gasteiger partial charge in [-0.05, 0) is 24.3 Å². The third-order valence-corrected chi connectivity index (χ3v) is 5.27. The minimum absolute atomic E-state index is 0.0766. The fourth-order valence-corrected chi connectivity index (χ4v) is 3.73. The molecule has 1 fully saturated rings. The number of nitrogens with zero attached hydrogens (tertiary/aromatic N) is 3. The Morgan fingerprint density at radius 2 is 1.90 bits per heavy atom. The molecule has 0 spiro atoms. The van der Waals surface area contributed by atoms with Crippen LogP contribution in [0, 0.1) is 5.92 Å².